The van der Waals surface area contributed by atoms with Gasteiger partial charge in [-0.05, 0) is 18.2 Å². The van der Waals surface area contributed by atoms with E-state index in [1.807, 2.05) is 12.1 Å². The van der Waals surface area contributed by atoms with Crippen molar-refractivity contribution in [3.8, 4) is 5.75 Å². The molecule has 0 saturated carbocycles. The number of benzene rings is 1. The number of anilines is 2. The lowest BCUT2D eigenvalue weighted by Crippen LogP contribution is -2.43. The van der Waals surface area contributed by atoms with Gasteiger partial charge >= 0.3 is 0 Å². The van der Waals surface area contributed by atoms with Crippen LogP contribution in [0.2, 0.25) is 0 Å². The molecule has 1 aromatic rings. The van der Waals surface area contributed by atoms with Crippen LogP contribution in [-0.2, 0) is 0 Å². The summed E-state index contributed by atoms with van der Waals surface area (Å²) in [5.74, 6) is 0.707. The van der Waals surface area contributed by atoms with E-state index in [1.54, 1.807) is 6.07 Å². The van der Waals surface area contributed by atoms with Gasteiger partial charge in [0.15, 0.2) is 0 Å². The number of hydrogen-bond donors (Lipinski definition) is 2. The third-order valence-electron chi connectivity index (χ3n) is 2.78. The Kier molecular flexibility index (Phi) is 6.01. The Balaban J connectivity index is 0.00000162. The van der Waals surface area contributed by atoms with E-state index in [4.69, 9.17) is 10.5 Å². The van der Waals surface area contributed by atoms with Crippen LogP contribution in [0.25, 0.3) is 0 Å². The normalized spacial score (nSPS) is 15.1. The van der Waals surface area contributed by atoms with Crippen molar-refractivity contribution < 1.29 is 9.13 Å². The van der Waals surface area contributed by atoms with Crippen molar-refractivity contribution in [2.75, 3.05) is 50.1 Å². The van der Waals surface area contributed by atoms with Crippen molar-refractivity contribution >= 4 is 23.8 Å². The zero-order valence-electron chi connectivity index (χ0n) is 10.2. The van der Waals surface area contributed by atoms with Gasteiger partial charge in [0.2, 0.25) is 0 Å². The molecule has 18 heavy (non-hydrogen) atoms. The average Bonchev–Trinajstić information content (AvgIpc) is 2.38. The van der Waals surface area contributed by atoms with Crippen molar-refractivity contribution in [3.63, 3.8) is 0 Å². The van der Waals surface area contributed by atoms with E-state index in [0.29, 0.717) is 11.4 Å². The number of nitrogens with zero attached hydrogens (tertiary/aromatic N) is 1. The molecule has 1 saturated heterocycles. The zero-order valence-corrected chi connectivity index (χ0v) is 11.0. The first-order valence-electron chi connectivity index (χ1n) is 5.85. The van der Waals surface area contributed by atoms with E-state index in [-0.39, 0.29) is 19.0 Å². The zero-order chi connectivity index (χ0) is 12.1. The molecule has 0 aliphatic carbocycles. The monoisotopic (exact) mass is 275 g/mol. The van der Waals surface area contributed by atoms with E-state index < -0.39 is 6.67 Å². The fourth-order valence-corrected chi connectivity index (χ4v) is 1.96. The van der Waals surface area contributed by atoms with Gasteiger partial charge in [0.05, 0.1) is 5.69 Å². The van der Waals surface area contributed by atoms with Crippen LogP contribution in [0.4, 0.5) is 15.8 Å². The summed E-state index contributed by atoms with van der Waals surface area (Å²) in [6.45, 7) is 3.31. The molecule has 1 aliphatic heterocycles. The van der Waals surface area contributed by atoms with Crippen molar-refractivity contribution in [1.29, 1.82) is 0 Å². The molecule has 0 amide bonds. The van der Waals surface area contributed by atoms with Crippen molar-refractivity contribution in [3.05, 3.63) is 18.2 Å². The molecule has 2 rings (SSSR count). The SMILES string of the molecule is Cl.Nc1ccc(OCCF)c(N2CCNCC2)c1. The third kappa shape index (κ3) is 3.65. The van der Waals surface area contributed by atoms with Crippen molar-refractivity contribution in [2.45, 2.75) is 0 Å². The van der Waals surface area contributed by atoms with Crippen LogP contribution >= 0.6 is 12.4 Å². The Bertz CT molecular complexity index is 372. The van der Waals surface area contributed by atoms with Crippen LogP contribution < -0.4 is 20.7 Å². The molecule has 102 valence electrons. The summed E-state index contributed by atoms with van der Waals surface area (Å²) in [7, 11) is 0. The van der Waals surface area contributed by atoms with Crippen LogP contribution in [0.15, 0.2) is 18.2 Å². The molecule has 0 radical (unpaired) electrons. The molecule has 3 N–H and O–H groups in total. The molecule has 1 fully saturated rings. The van der Waals surface area contributed by atoms with Gasteiger partial charge in [0.25, 0.3) is 0 Å². The molecule has 0 unspecified atom stereocenters. The maximum atomic E-state index is 12.2. The number of nitrogens with one attached hydrogen (secondary N) is 1. The Labute approximate surface area is 113 Å². The molecule has 0 bridgehead atoms. The lowest BCUT2D eigenvalue weighted by atomic mass is 10.2. The van der Waals surface area contributed by atoms with Gasteiger partial charge in [-0.3, -0.25) is 0 Å². The molecular weight excluding hydrogens is 257 g/mol. The van der Waals surface area contributed by atoms with Crippen LogP contribution in [-0.4, -0.2) is 39.5 Å². The lowest BCUT2D eigenvalue weighted by Gasteiger charge is -2.31. The predicted octanol–water partition coefficient (Wildman–Crippen LogP) is 1.45. The third-order valence-corrected chi connectivity index (χ3v) is 2.78. The lowest BCUT2D eigenvalue weighted by molar-refractivity contribution is 0.273. The number of piperazine rings is 1. The average molecular weight is 276 g/mol. The van der Waals surface area contributed by atoms with Crippen LogP contribution in [0.3, 0.4) is 0 Å². The van der Waals surface area contributed by atoms with Gasteiger partial charge in [-0.15, -0.1) is 12.4 Å². The minimum absolute atomic E-state index is 0. The first-order valence-corrected chi connectivity index (χ1v) is 5.85. The van der Waals surface area contributed by atoms with Gasteiger partial charge in [0, 0.05) is 31.9 Å². The topological polar surface area (TPSA) is 50.5 Å². The number of ether oxygens (including phenoxy) is 1. The number of hydrogen-bond acceptors (Lipinski definition) is 4. The first kappa shape index (κ1) is 14.9. The van der Waals surface area contributed by atoms with Crippen LogP contribution in [0.5, 0.6) is 5.75 Å². The highest BCUT2D eigenvalue weighted by atomic mass is 35.5. The van der Waals surface area contributed by atoms with E-state index in [1.165, 1.54) is 0 Å². The molecule has 0 aromatic heterocycles. The molecule has 0 spiro atoms. The summed E-state index contributed by atoms with van der Waals surface area (Å²) in [5, 5.41) is 3.29. The second-order valence-electron chi connectivity index (χ2n) is 4.00. The van der Waals surface area contributed by atoms with Gasteiger partial charge in [-0.25, -0.2) is 4.39 Å². The summed E-state index contributed by atoms with van der Waals surface area (Å²) in [6, 6.07) is 5.47. The quantitative estimate of drug-likeness (QED) is 0.817. The first-order chi connectivity index (χ1) is 8.31. The maximum Gasteiger partial charge on any atom is 0.142 e. The summed E-state index contributed by atoms with van der Waals surface area (Å²) >= 11 is 0. The maximum absolute atomic E-state index is 12.2. The number of alkyl halides is 1. The largest absolute Gasteiger partial charge is 0.489 e. The second kappa shape index (κ2) is 7.28. The number of halogens is 2. The molecule has 1 aliphatic rings. The second-order valence-corrected chi connectivity index (χ2v) is 4.00. The summed E-state index contributed by atoms with van der Waals surface area (Å²) in [6.07, 6.45) is 0. The van der Waals surface area contributed by atoms with E-state index >= 15 is 0 Å². The molecule has 6 heteroatoms. The minimum atomic E-state index is -0.481. The van der Waals surface area contributed by atoms with Crippen LogP contribution in [0.1, 0.15) is 0 Å². The molecule has 1 aromatic carbocycles. The fourth-order valence-electron chi connectivity index (χ4n) is 1.96. The van der Waals surface area contributed by atoms with Crippen LogP contribution in [0, 0.1) is 0 Å². The number of nitrogens with two attached hydrogens (primary N) is 1. The number of rotatable bonds is 4. The molecule has 4 nitrogen and oxygen atoms in total. The minimum Gasteiger partial charge on any atom is -0.489 e. The molecule has 1 heterocycles. The highest BCUT2D eigenvalue weighted by Gasteiger charge is 2.15. The van der Waals surface area contributed by atoms with Crippen molar-refractivity contribution in [1.82, 2.24) is 5.32 Å². The van der Waals surface area contributed by atoms with E-state index in [9.17, 15) is 4.39 Å². The van der Waals surface area contributed by atoms with Gasteiger partial charge in [-0.1, -0.05) is 0 Å². The molecular formula is C12H19ClFN3O. The Morgan fingerprint density at radius 1 is 1.33 bits per heavy atom. The summed E-state index contributed by atoms with van der Waals surface area (Å²) < 4.78 is 17.6. The Morgan fingerprint density at radius 3 is 2.72 bits per heavy atom. The van der Waals surface area contributed by atoms with Gasteiger partial charge < -0.3 is 20.7 Å². The smallest absolute Gasteiger partial charge is 0.142 e. The summed E-state index contributed by atoms with van der Waals surface area (Å²) in [4.78, 5) is 2.21. The van der Waals surface area contributed by atoms with E-state index in [2.05, 4.69) is 10.2 Å². The number of nitrogen functional groups attached to an aromatic ring is 1. The highest BCUT2D eigenvalue weighted by Crippen LogP contribution is 2.30. The van der Waals surface area contributed by atoms with Gasteiger partial charge in [-0.2, -0.15) is 0 Å². The van der Waals surface area contributed by atoms with Crippen molar-refractivity contribution in [2.24, 2.45) is 0 Å². The van der Waals surface area contributed by atoms with Gasteiger partial charge in [0.1, 0.15) is 19.0 Å². The standard InChI is InChI=1S/C12H18FN3O.ClH/c13-3-8-17-12-2-1-10(14)9-11(12)16-6-4-15-5-7-16;/h1-2,9,15H,3-8,14H2;1H. The summed E-state index contributed by atoms with van der Waals surface area (Å²) in [5.41, 5.74) is 7.45. The van der Waals surface area contributed by atoms with E-state index in [0.717, 1.165) is 31.9 Å². The Morgan fingerprint density at radius 2 is 2.06 bits per heavy atom. The predicted molar refractivity (Wildman–Crippen MR) is 74.7 cm³/mol. The fraction of sp³-hybridized carbons (Fsp3) is 0.500. The Hall–Kier alpha value is -1.20. The molecule has 0 atom stereocenters. The highest BCUT2D eigenvalue weighted by molar-refractivity contribution is 5.85.